The number of amides is 1. The molecule has 0 bridgehead atoms. The van der Waals surface area contributed by atoms with Crippen LogP contribution in [0.2, 0.25) is 0 Å². The zero-order valence-electron chi connectivity index (χ0n) is 85.0. The summed E-state index contributed by atoms with van der Waals surface area (Å²) in [5.74, 6) is 4.14. The summed E-state index contributed by atoms with van der Waals surface area (Å²) in [6.45, 7) is 18.7. The number of benzene rings is 11. The van der Waals surface area contributed by atoms with Crippen molar-refractivity contribution in [3.63, 3.8) is 0 Å². The van der Waals surface area contributed by atoms with Crippen molar-refractivity contribution in [2.45, 2.75) is 157 Å². The Balaban J connectivity index is 0.000000124. The Kier molecular flexibility index (Phi) is 32.9. The highest BCUT2D eigenvalue weighted by Crippen LogP contribution is 2.39. The molecule has 22 rings (SSSR count). The van der Waals surface area contributed by atoms with Gasteiger partial charge in [0.1, 0.15) is 46.0 Å². The average molecular weight is 2000 g/mol. The molecule has 0 unspecified atom stereocenters. The second-order valence-electron chi connectivity index (χ2n) is 40.2. The Bertz CT molecular complexity index is 7180. The van der Waals surface area contributed by atoms with Crippen LogP contribution in [0.1, 0.15) is 233 Å². The fourth-order valence-corrected chi connectivity index (χ4v) is 23.0. The van der Waals surface area contributed by atoms with Gasteiger partial charge in [0.15, 0.2) is 23.1 Å². The lowest BCUT2D eigenvalue weighted by Gasteiger charge is -2.33. The van der Waals surface area contributed by atoms with E-state index in [1.807, 2.05) is 116 Å². The molecule has 0 radical (unpaired) electrons. The minimum atomic E-state index is -0.261. The number of ketones is 4. The van der Waals surface area contributed by atoms with E-state index in [2.05, 4.69) is 121 Å². The summed E-state index contributed by atoms with van der Waals surface area (Å²) in [5.41, 5.74) is 25.0. The molecular weight excluding hydrogens is 1880 g/mol. The number of hydrogen-bond donors (Lipinski definition) is 2. The highest BCUT2D eigenvalue weighted by molar-refractivity contribution is 7.17. The van der Waals surface area contributed by atoms with Gasteiger partial charge in [0, 0.05) is 196 Å². The molecular formula is C124H126F2N10O11S. The van der Waals surface area contributed by atoms with Crippen LogP contribution >= 0.6 is 11.3 Å². The molecule has 8 aliphatic rings. The first-order valence-corrected chi connectivity index (χ1v) is 52.7. The van der Waals surface area contributed by atoms with E-state index in [4.69, 9.17) is 43.3 Å². The van der Waals surface area contributed by atoms with E-state index in [9.17, 15) is 37.9 Å². The second kappa shape index (κ2) is 47.6. The van der Waals surface area contributed by atoms with Crippen LogP contribution in [0.3, 0.4) is 0 Å². The molecule has 11 heterocycles. The van der Waals surface area contributed by atoms with Crippen LogP contribution in [0.25, 0.3) is 21.1 Å². The fourth-order valence-electron chi connectivity index (χ4n) is 22.2. The van der Waals surface area contributed by atoms with Gasteiger partial charge in [-0.05, 0) is 281 Å². The number of phenols is 1. The summed E-state index contributed by atoms with van der Waals surface area (Å²) < 4.78 is 57.9. The first kappa shape index (κ1) is 102. The zero-order chi connectivity index (χ0) is 102. The predicted octanol–water partition coefficient (Wildman–Crippen LogP) is 24.5. The molecule has 1 amide bonds. The van der Waals surface area contributed by atoms with Crippen molar-refractivity contribution in [3.05, 3.63) is 383 Å². The van der Waals surface area contributed by atoms with Gasteiger partial charge in [0.2, 0.25) is 5.91 Å². The molecule has 21 nitrogen and oxygen atoms in total. The number of rotatable bonds is 31. The van der Waals surface area contributed by atoms with Crippen molar-refractivity contribution in [1.29, 1.82) is 0 Å². The number of anilines is 1. The maximum atomic E-state index is 14.5. The molecule has 4 atom stereocenters. The van der Waals surface area contributed by atoms with E-state index in [-0.39, 0.29) is 58.3 Å². The number of halogens is 2. The summed E-state index contributed by atoms with van der Waals surface area (Å²) >= 11 is 1.74. The number of thiophene rings is 1. The number of carbonyl (C=O) groups excluding carboxylic acids is 5. The average Bonchev–Trinajstić information content (AvgIpc) is 1.65. The van der Waals surface area contributed by atoms with E-state index in [1.165, 1.54) is 51.4 Å². The maximum absolute atomic E-state index is 14.5. The number of furan rings is 1. The summed E-state index contributed by atoms with van der Waals surface area (Å²) in [5, 5.41) is 17.1. The van der Waals surface area contributed by atoms with E-state index in [0.29, 0.717) is 111 Å². The highest BCUT2D eigenvalue weighted by atomic mass is 32.1. The van der Waals surface area contributed by atoms with E-state index in [1.54, 1.807) is 81.4 Å². The number of hydrogen-bond acceptors (Lipinski definition) is 21. The minimum absolute atomic E-state index is 0.000988. The number of aryl methyl sites for hydroxylation is 1. The zero-order valence-corrected chi connectivity index (χ0v) is 85.8. The predicted molar refractivity (Wildman–Crippen MR) is 581 cm³/mol. The Morgan fingerprint density at radius 3 is 1.28 bits per heavy atom. The fraction of sp³-hybridized carbons (Fsp3) is 0.323. The standard InChI is InChI=1S/C31H29FN2O3.C31H29FN2O2S.C31H33N3O4.C31H35N3O2/c1-36-30-6-2-5-27(32)26(30)19-34-12-3-4-20(18-34)14-28(35)21-7-8-24-17-33-31(25(24)16-21)23-9-10-29-22(15-23)11-13-37-29;1-36-29-6-2-5-27(32)26(29)19-34-12-3-4-20(18-34)14-28(35)21-7-8-24-17-33-31(25(24)16-21)23-9-10-30-22(15-23)11-13-37-30;1-20(35)33-27-16-23(11-12-28(27)36)31-26-15-22(9-10-24(26)17-32-31)29(37)14-21-6-5-13-34(18-21)19-25-7-3-4-8-30(25)38-2;1-3-15-36-30-9-5-4-8-27(30)21-34-14-6-7-23(20-34)17-29(35)24-10-11-26-19-33-31(28(26)18-24)25-12-13-32-22(2)16-25/h2*2,5-11,13,15-16,20H,3-4,12,14,17-19H2,1H3;3-4,7-12,15-16,21,36H,5-6,13-14,17-19H2,1-2H3,(H,33,35);4-5,8-13,16,18,23H,3,6-7,14-15,17,19-21H2,1-2H3/t2*20-;21-;23-/m0000/s1. The van der Waals surface area contributed by atoms with Gasteiger partial charge in [-0.25, -0.2) is 8.78 Å². The summed E-state index contributed by atoms with van der Waals surface area (Å²) in [6, 6.07) is 76.0. The summed E-state index contributed by atoms with van der Waals surface area (Å²) in [4.78, 5) is 97.8. The summed E-state index contributed by atoms with van der Waals surface area (Å²) in [6.07, 6.45) is 14.9. The van der Waals surface area contributed by atoms with Gasteiger partial charge in [0.25, 0.3) is 0 Å². The van der Waals surface area contributed by atoms with Crippen LogP contribution in [0, 0.1) is 42.2 Å². The maximum Gasteiger partial charge on any atom is 0.221 e. The number of pyridine rings is 1. The van der Waals surface area contributed by atoms with Crippen LogP contribution < -0.4 is 24.3 Å². The number of methoxy groups -OCH3 is 3. The number of ether oxygens (including phenoxy) is 4. The number of carbonyl (C=O) groups is 5. The van der Waals surface area contributed by atoms with Crippen LogP contribution in [0.4, 0.5) is 14.5 Å². The Morgan fingerprint density at radius 1 is 0.432 bits per heavy atom. The first-order chi connectivity index (χ1) is 72.2. The number of aromatic hydroxyl groups is 1. The molecule has 0 spiro atoms. The third-order valence-electron chi connectivity index (χ3n) is 29.7. The molecule has 4 saturated heterocycles. The van der Waals surface area contributed by atoms with Gasteiger partial charge in [-0.1, -0.05) is 110 Å². The van der Waals surface area contributed by atoms with Crippen molar-refractivity contribution < 1.29 is 61.2 Å². The van der Waals surface area contributed by atoms with Crippen molar-refractivity contribution in [2.75, 3.05) is 85.6 Å². The van der Waals surface area contributed by atoms with Gasteiger partial charge in [-0.15, -0.1) is 11.3 Å². The molecule has 148 heavy (non-hydrogen) atoms. The lowest BCUT2D eigenvalue weighted by atomic mass is 9.89. The molecule has 3 aromatic heterocycles. The molecule has 2 N–H and O–H groups in total. The molecule has 0 aliphatic carbocycles. The Morgan fingerprint density at radius 2 is 0.838 bits per heavy atom. The van der Waals surface area contributed by atoms with Gasteiger partial charge < -0.3 is 33.8 Å². The number of likely N-dealkylation sites (tertiary alicyclic amines) is 4. The van der Waals surface area contributed by atoms with Gasteiger partial charge in [-0.2, -0.15) is 0 Å². The molecule has 0 saturated carbocycles. The molecule has 758 valence electrons. The van der Waals surface area contributed by atoms with Crippen LogP contribution in [0.15, 0.2) is 279 Å². The van der Waals surface area contributed by atoms with Crippen LogP contribution in [-0.4, -0.2) is 162 Å². The smallest absolute Gasteiger partial charge is 0.221 e. The lowest BCUT2D eigenvalue weighted by molar-refractivity contribution is -0.114. The molecule has 8 aliphatic heterocycles. The highest BCUT2D eigenvalue weighted by Gasteiger charge is 2.34. The van der Waals surface area contributed by atoms with Crippen molar-refractivity contribution >= 4 is 90.0 Å². The van der Waals surface area contributed by atoms with Gasteiger partial charge in [-0.3, -0.25) is 68.5 Å². The second-order valence-corrected chi connectivity index (χ2v) is 41.1. The SMILES string of the molecule is CCCOc1ccccc1CN1CCC[C@@H](CC(=O)c2ccc3c(c2)C(c2ccnc(C)c2)=NC3)C1.COc1cccc(F)c1CN1CCC[C@@H](CC(=O)c2ccc3c(c2)C(c2ccc4occc4c2)=NC3)C1.COc1cccc(F)c1CN1CCC[C@@H](CC(=O)c2ccc3c(c2)C(c2ccc4sccc4c2)=NC3)C1.COc1ccccc1CN1CCC[C@@H](CC(=O)c2ccc3c(c2)C(c2ccc(O)c(NC(C)=O)c2)=NC3)C1. The topological polar surface area (TPSA) is 243 Å². The first-order valence-electron chi connectivity index (χ1n) is 51.9. The third-order valence-corrected chi connectivity index (χ3v) is 30.6. The normalized spacial score (nSPS) is 17.4. The number of fused-ring (bicyclic) bond motifs is 6. The van der Waals surface area contributed by atoms with E-state index < -0.39 is 0 Å². The van der Waals surface area contributed by atoms with Crippen LogP contribution in [0.5, 0.6) is 28.7 Å². The number of para-hydroxylation sites is 2. The van der Waals surface area contributed by atoms with Crippen LogP contribution in [-0.2, 0) is 57.2 Å². The number of piperidine rings is 4. The number of nitrogens with zero attached hydrogens (tertiary/aromatic N) is 9. The number of aromatic nitrogens is 1. The van der Waals surface area contributed by atoms with Crippen molar-refractivity contribution in [1.82, 2.24) is 24.6 Å². The molecule has 24 heteroatoms. The largest absolute Gasteiger partial charge is 0.506 e. The van der Waals surface area contributed by atoms with E-state index in [0.717, 1.165) is 253 Å². The number of phenolic OH excluding ortho intramolecular Hbond substituents is 1. The van der Waals surface area contributed by atoms with E-state index >= 15 is 0 Å². The molecule has 14 aromatic rings. The Hall–Kier alpha value is -14.4. The number of Topliss-reactive ketones (excluding diaryl/α,β-unsaturated/α-hetero) is 4. The molecule has 11 aromatic carbocycles. The monoisotopic (exact) mass is 2000 g/mol. The Labute approximate surface area is 867 Å². The van der Waals surface area contributed by atoms with Gasteiger partial charge in [0.05, 0.1) is 88.9 Å². The van der Waals surface area contributed by atoms with Crippen molar-refractivity contribution in [3.8, 4) is 28.7 Å². The number of aliphatic imine (C=N–C) groups is 4. The molecule has 4 fully saturated rings. The lowest BCUT2D eigenvalue weighted by Crippen LogP contribution is -2.36. The quantitative estimate of drug-likeness (QED) is 0.0303. The minimum Gasteiger partial charge on any atom is -0.506 e. The van der Waals surface area contributed by atoms with Gasteiger partial charge >= 0.3 is 0 Å². The third kappa shape index (κ3) is 24.5. The van der Waals surface area contributed by atoms with Crippen molar-refractivity contribution in [2.24, 2.45) is 43.6 Å². The number of nitrogens with one attached hydrogen (secondary N) is 1. The summed E-state index contributed by atoms with van der Waals surface area (Å²) in [7, 11) is 4.84.